The highest BCUT2D eigenvalue weighted by Crippen LogP contribution is 2.02. The summed E-state index contributed by atoms with van der Waals surface area (Å²) in [6, 6.07) is 0. The predicted molar refractivity (Wildman–Crippen MR) is 60.2 cm³/mol. The summed E-state index contributed by atoms with van der Waals surface area (Å²) in [6.45, 7) is 6.48. The van der Waals surface area contributed by atoms with Crippen LogP contribution in [-0.2, 0) is 19.1 Å². The van der Waals surface area contributed by atoms with E-state index in [9.17, 15) is 9.59 Å². The molecule has 0 saturated carbocycles. The van der Waals surface area contributed by atoms with Gasteiger partial charge in [-0.1, -0.05) is 35.3 Å². The van der Waals surface area contributed by atoms with Gasteiger partial charge in [-0.2, -0.15) is 0 Å². The summed E-state index contributed by atoms with van der Waals surface area (Å²) >= 11 is 0. The lowest BCUT2D eigenvalue weighted by molar-refractivity contribution is -0.166. The van der Waals surface area contributed by atoms with Crippen LogP contribution in [0.4, 0.5) is 0 Å². The first-order chi connectivity index (χ1) is 6.11. The minimum absolute atomic E-state index is 0. The van der Waals surface area contributed by atoms with E-state index >= 15 is 0 Å². The maximum atomic E-state index is 11.0. The molecule has 0 aliphatic rings. The molecule has 0 fully saturated rings. The lowest BCUT2D eigenvalue weighted by Crippen LogP contribution is -2.17. The topological polar surface area (TPSA) is 52.6 Å². The van der Waals surface area contributed by atoms with E-state index in [1.54, 1.807) is 6.92 Å². The van der Waals surface area contributed by atoms with Crippen LogP contribution >= 0.6 is 0 Å². The van der Waals surface area contributed by atoms with Crippen LogP contribution in [0.1, 0.15) is 35.1 Å². The second-order valence-electron chi connectivity index (χ2n) is 2.56. The van der Waals surface area contributed by atoms with Gasteiger partial charge in [-0.15, -0.1) is 0 Å². The standard InChI is InChI=1S/C9H14O4.2CH4/c1-4-7(3)9(11)13-6-12-8(10)5-2;;/h5,7H,2,4,6H2,1,3H3;2*1H4. The van der Waals surface area contributed by atoms with Gasteiger partial charge < -0.3 is 9.47 Å². The molecule has 0 aromatic rings. The molecule has 4 heteroatoms. The molecule has 0 aliphatic heterocycles. The van der Waals surface area contributed by atoms with Crippen LogP contribution in [0, 0.1) is 5.92 Å². The third-order valence-electron chi connectivity index (χ3n) is 1.58. The van der Waals surface area contributed by atoms with Crippen molar-refractivity contribution in [2.75, 3.05) is 6.79 Å². The SMILES string of the molecule is C.C.C=CC(=O)OCOC(=O)C(C)CC. The fraction of sp³-hybridized carbons (Fsp3) is 0.636. The van der Waals surface area contributed by atoms with Crippen LogP contribution in [0.3, 0.4) is 0 Å². The van der Waals surface area contributed by atoms with Gasteiger partial charge >= 0.3 is 11.9 Å². The monoisotopic (exact) mass is 218 g/mol. The minimum Gasteiger partial charge on any atom is -0.428 e. The van der Waals surface area contributed by atoms with E-state index in [2.05, 4.69) is 16.1 Å². The number of hydrogen-bond donors (Lipinski definition) is 0. The molecule has 0 bridgehead atoms. The molecule has 0 aliphatic carbocycles. The van der Waals surface area contributed by atoms with Gasteiger partial charge in [-0.3, -0.25) is 4.79 Å². The van der Waals surface area contributed by atoms with Gasteiger partial charge in [0.15, 0.2) is 0 Å². The first-order valence-corrected chi connectivity index (χ1v) is 4.07. The van der Waals surface area contributed by atoms with Crippen LogP contribution < -0.4 is 0 Å². The highest BCUT2D eigenvalue weighted by molar-refractivity contribution is 5.81. The molecule has 15 heavy (non-hydrogen) atoms. The van der Waals surface area contributed by atoms with Crippen LogP contribution in [0.15, 0.2) is 12.7 Å². The third kappa shape index (κ3) is 9.00. The van der Waals surface area contributed by atoms with Crippen molar-refractivity contribution in [1.82, 2.24) is 0 Å². The molecule has 90 valence electrons. The van der Waals surface area contributed by atoms with Gasteiger partial charge in [-0.05, 0) is 6.42 Å². The Kier molecular flexibility index (Phi) is 13.8. The van der Waals surface area contributed by atoms with E-state index in [1.165, 1.54) is 0 Å². The number of ether oxygens (including phenoxy) is 2. The molecule has 0 N–H and O–H groups in total. The number of carbonyl (C=O) groups is 2. The molecule has 0 spiro atoms. The Morgan fingerprint density at radius 2 is 1.87 bits per heavy atom. The molecule has 0 radical (unpaired) electrons. The van der Waals surface area contributed by atoms with Crippen molar-refractivity contribution in [2.45, 2.75) is 35.1 Å². The molecule has 4 nitrogen and oxygen atoms in total. The maximum absolute atomic E-state index is 11.0. The summed E-state index contributed by atoms with van der Waals surface area (Å²) in [7, 11) is 0. The smallest absolute Gasteiger partial charge is 0.333 e. The molecule has 0 aromatic heterocycles. The van der Waals surface area contributed by atoms with E-state index in [1.807, 2.05) is 6.92 Å². The van der Waals surface area contributed by atoms with Crippen LogP contribution in [0.5, 0.6) is 0 Å². The van der Waals surface area contributed by atoms with Crippen molar-refractivity contribution in [2.24, 2.45) is 5.92 Å². The van der Waals surface area contributed by atoms with Crippen molar-refractivity contribution in [3.8, 4) is 0 Å². The van der Waals surface area contributed by atoms with Crippen molar-refractivity contribution in [1.29, 1.82) is 0 Å². The summed E-state index contributed by atoms with van der Waals surface area (Å²) in [5, 5.41) is 0. The van der Waals surface area contributed by atoms with Gasteiger partial charge in [-0.25, -0.2) is 4.79 Å². The van der Waals surface area contributed by atoms with Gasteiger partial charge in [0.05, 0.1) is 5.92 Å². The zero-order chi connectivity index (χ0) is 10.3. The van der Waals surface area contributed by atoms with Crippen molar-refractivity contribution in [3.63, 3.8) is 0 Å². The highest BCUT2D eigenvalue weighted by Gasteiger charge is 2.11. The maximum Gasteiger partial charge on any atom is 0.333 e. The average molecular weight is 218 g/mol. The van der Waals surface area contributed by atoms with E-state index in [4.69, 9.17) is 0 Å². The van der Waals surface area contributed by atoms with E-state index < -0.39 is 5.97 Å². The average Bonchev–Trinajstić information content (AvgIpc) is 2.15. The van der Waals surface area contributed by atoms with Crippen molar-refractivity contribution in [3.05, 3.63) is 12.7 Å². The number of carbonyl (C=O) groups excluding carboxylic acids is 2. The van der Waals surface area contributed by atoms with Crippen molar-refractivity contribution >= 4 is 11.9 Å². The van der Waals surface area contributed by atoms with E-state index in [-0.39, 0.29) is 33.5 Å². The van der Waals surface area contributed by atoms with E-state index in [0.717, 1.165) is 6.08 Å². The molecule has 0 amide bonds. The van der Waals surface area contributed by atoms with Crippen LogP contribution in [-0.4, -0.2) is 18.7 Å². The predicted octanol–water partition coefficient (Wildman–Crippen LogP) is 2.53. The molecule has 0 aromatic carbocycles. The quantitative estimate of drug-likeness (QED) is 0.404. The first-order valence-electron chi connectivity index (χ1n) is 4.07. The first kappa shape index (κ1) is 19.3. The number of hydrogen-bond acceptors (Lipinski definition) is 4. The molecular formula is C11H22O4. The van der Waals surface area contributed by atoms with Crippen molar-refractivity contribution < 1.29 is 19.1 Å². The highest BCUT2D eigenvalue weighted by atomic mass is 16.7. The summed E-state index contributed by atoms with van der Waals surface area (Å²) in [4.78, 5) is 21.5. The number of rotatable bonds is 5. The molecular weight excluding hydrogens is 196 g/mol. The second-order valence-corrected chi connectivity index (χ2v) is 2.56. The zero-order valence-corrected chi connectivity index (χ0v) is 7.91. The summed E-state index contributed by atoms with van der Waals surface area (Å²) < 4.78 is 9.09. The number of esters is 2. The summed E-state index contributed by atoms with van der Waals surface area (Å²) in [6.07, 6.45) is 1.71. The Bertz CT molecular complexity index is 199. The third-order valence-corrected chi connectivity index (χ3v) is 1.58. The lowest BCUT2D eigenvalue weighted by atomic mass is 10.1. The Hall–Kier alpha value is -1.32. The van der Waals surface area contributed by atoms with E-state index in [0.29, 0.717) is 6.42 Å². The lowest BCUT2D eigenvalue weighted by Gasteiger charge is -2.08. The van der Waals surface area contributed by atoms with Gasteiger partial charge in [0.1, 0.15) is 0 Å². The van der Waals surface area contributed by atoms with Gasteiger partial charge in [0.25, 0.3) is 0 Å². The fourth-order valence-corrected chi connectivity index (χ4v) is 0.513. The molecule has 0 saturated heterocycles. The van der Waals surface area contributed by atoms with Gasteiger partial charge in [0, 0.05) is 6.08 Å². The Morgan fingerprint density at radius 3 is 2.27 bits per heavy atom. The molecule has 1 unspecified atom stereocenters. The summed E-state index contributed by atoms with van der Waals surface area (Å²) in [5.41, 5.74) is 0. The van der Waals surface area contributed by atoms with Crippen LogP contribution in [0.25, 0.3) is 0 Å². The van der Waals surface area contributed by atoms with Crippen LogP contribution in [0.2, 0.25) is 0 Å². The van der Waals surface area contributed by atoms with Gasteiger partial charge in [0.2, 0.25) is 6.79 Å². The normalized spacial score (nSPS) is 10.0. The Labute approximate surface area is 92.3 Å². The Balaban J connectivity index is -0.000000720. The minimum atomic E-state index is -0.600. The fourth-order valence-electron chi connectivity index (χ4n) is 0.513. The zero-order valence-electron chi connectivity index (χ0n) is 7.91. The molecule has 1 atom stereocenters. The second kappa shape index (κ2) is 10.8. The largest absolute Gasteiger partial charge is 0.428 e. The molecule has 0 rings (SSSR count). The summed E-state index contributed by atoms with van der Waals surface area (Å²) in [5.74, 6) is -1.13. The Morgan fingerprint density at radius 1 is 1.33 bits per heavy atom. The molecule has 0 heterocycles.